The van der Waals surface area contributed by atoms with Crippen molar-refractivity contribution in [1.29, 1.82) is 0 Å². The Morgan fingerprint density at radius 2 is 2.14 bits per heavy atom. The maximum absolute atomic E-state index is 11.1. The van der Waals surface area contributed by atoms with E-state index >= 15 is 0 Å². The number of aliphatic hydroxyl groups is 1. The van der Waals surface area contributed by atoms with Crippen LogP contribution in [-0.4, -0.2) is 37.7 Å². The van der Waals surface area contributed by atoms with Gasteiger partial charge in [-0.1, -0.05) is 0 Å². The largest absolute Gasteiger partial charge is 0.393 e. The van der Waals surface area contributed by atoms with E-state index in [0.717, 1.165) is 19.3 Å². The molecule has 22 heavy (non-hydrogen) atoms. The fourth-order valence-electron chi connectivity index (χ4n) is 2.50. The van der Waals surface area contributed by atoms with Crippen LogP contribution in [0.1, 0.15) is 46.5 Å². The Morgan fingerprint density at radius 1 is 1.41 bits per heavy atom. The third kappa shape index (κ3) is 4.52. The standard InChI is InChI=1S/C14H23N5O3/c1-14(2,3)18-13-15-8-11(19(21)22)12(17-13)16-9-5-4-6-10(20)7-9/h8-10,20H,4-7H2,1-3H3,(H2,15,16,17,18). The number of hydrogen-bond donors (Lipinski definition) is 3. The quantitative estimate of drug-likeness (QED) is 0.577. The first-order valence-corrected chi connectivity index (χ1v) is 7.49. The van der Waals surface area contributed by atoms with Gasteiger partial charge in [0.15, 0.2) is 0 Å². The second-order valence-electron chi connectivity index (χ2n) is 6.72. The van der Waals surface area contributed by atoms with Gasteiger partial charge in [0.05, 0.1) is 11.0 Å². The molecule has 0 radical (unpaired) electrons. The van der Waals surface area contributed by atoms with Gasteiger partial charge in [-0.15, -0.1) is 0 Å². The zero-order valence-electron chi connectivity index (χ0n) is 13.2. The average Bonchev–Trinajstić information content (AvgIpc) is 2.36. The van der Waals surface area contributed by atoms with Crippen molar-refractivity contribution in [2.45, 2.75) is 64.1 Å². The highest BCUT2D eigenvalue weighted by Crippen LogP contribution is 2.27. The van der Waals surface area contributed by atoms with Gasteiger partial charge < -0.3 is 15.7 Å². The van der Waals surface area contributed by atoms with Crippen molar-refractivity contribution >= 4 is 17.5 Å². The predicted octanol–water partition coefficient (Wildman–Crippen LogP) is 2.31. The monoisotopic (exact) mass is 309 g/mol. The van der Waals surface area contributed by atoms with Gasteiger partial charge in [-0.05, 0) is 46.5 Å². The number of anilines is 2. The third-order valence-electron chi connectivity index (χ3n) is 3.44. The molecule has 1 aliphatic carbocycles. The Hall–Kier alpha value is -1.96. The van der Waals surface area contributed by atoms with Gasteiger partial charge in [-0.2, -0.15) is 4.98 Å². The molecule has 1 aromatic heterocycles. The first kappa shape index (κ1) is 16.4. The average molecular weight is 309 g/mol. The van der Waals surface area contributed by atoms with E-state index in [1.807, 2.05) is 20.8 Å². The Kier molecular flexibility index (Phi) is 4.80. The van der Waals surface area contributed by atoms with Crippen LogP contribution < -0.4 is 10.6 Å². The maximum atomic E-state index is 11.1. The van der Waals surface area contributed by atoms with E-state index in [4.69, 9.17) is 0 Å². The molecule has 0 spiro atoms. The summed E-state index contributed by atoms with van der Waals surface area (Å²) in [5.74, 6) is 0.544. The molecule has 1 fully saturated rings. The summed E-state index contributed by atoms with van der Waals surface area (Å²) >= 11 is 0. The molecule has 0 aromatic carbocycles. The lowest BCUT2D eigenvalue weighted by atomic mass is 9.93. The van der Waals surface area contributed by atoms with Crippen LogP contribution in [0.5, 0.6) is 0 Å². The summed E-state index contributed by atoms with van der Waals surface area (Å²) in [4.78, 5) is 18.9. The third-order valence-corrected chi connectivity index (χ3v) is 3.44. The van der Waals surface area contributed by atoms with Crippen molar-refractivity contribution in [1.82, 2.24) is 9.97 Å². The SMILES string of the molecule is CC(C)(C)Nc1ncc([N+](=O)[O-])c(NC2CCCC(O)C2)n1. The van der Waals surface area contributed by atoms with Gasteiger partial charge in [0.2, 0.25) is 11.8 Å². The lowest BCUT2D eigenvalue weighted by Gasteiger charge is -2.27. The van der Waals surface area contributed by atoms with Crippen LogP contribution in [0.25, 0.3) is 0 Å². The fourth-order valence-corrected chi connectivity index (χ4v) is 2.50. The molecule has 0 amide bonds. The highest BCUT2D eigenvalue weighted by Gasteiger charge is 2.25. The summed E-state index contributed by atoms with van der Waals surface area (Å²) in [5.41, 5.74) is -0.395. The van der Waals surface area contributed by atoms with Gasteiger partial charge in [-0.3, -0.25) is 10.1 Å². The predicted molar refractivity (Wildman–Crippen MR) is 83.9 cm³/mol. The molecule has 2 unspecified atom stereocenters. The number of nitrogens with one attached hydrogen (secondary N) is 2. The van der Waals surface area contributed by atoms with E-state index in [9.17, 15) is 15.2 Å². The first-order chi connectivity index (χ1) is 10.2. The molecule has 122 valence electrons. The van der Waals surface area contributed by atoms with E-state index in [1.165, 1.54) is 6.20 Å². The number of aliphatic hydroxyl groups excluding tert-OH is 1. The Balaban J connectivity index is 2.21. The second-order valence-corrected chi connectivity index (χ2v) is 6.72. The number of aromatic nitrogens is 2. The molecule has 0 saturated heterocycles. The van der Waals surface area contributed by atoms with Crippen LogP contribution in [0, 0.1) is 10.1 Å². The molecule has 8 heteroatoms. The van der Waals surface area contributed by atoms with Crippen molar-refractivity contribution in [2.24, 2.45) is 0 Å². The molecule has 3 N–H and O–H groups in total. The molecule has 1 saturated carbocycles. The van der Waals surface area contributed by atoms with E-state index in [0.29, 0.717) is 12.4 Å². The van der Waals surface area contributed by atoms with E-state index < -0.39 is 4.92 Å². The fraction of sp³-hybridized carbons (Fsp3) is 0.714. The summed E-state index contributed by atoms with van der Waals surface area (Å²) in [6, 6.07) is -0.0140. The Bertz CT molecular complexity index is 544. The zero-order chi connectivity index (χ0) is 16.3. The maximum Gasteiger partial charge on any atom is 0.329 e. The summed E-state index contributed by atoms with van der Waals surface area (Å²) in [6.45, 7) is 5.88. The molecular weight excluding hydrogens is 286 g/mol. The molecular formula is C14H23N5O3. The highest BCUT2D eigenvalue weighted by molar-refractivity contribution is 5.57. The van der Waals surface area contributed by atoms with E-state index in [2.05, 4.69) is 20.6 Å². The molecule has 2 rings (SSSR count). The topological polar surface area (TPSA) is 113 Å². The highest BCUT2D eigenvalue weighted by atomic mass is 16.6. The zero-order valence-corrected chi connectivity index (χ0v) is 13.2. The van der Waals surface area contributed by atoms with Crippen molar-refractivity contribution in [3.05, 3.63) is 16.3 Å². The van der Waals surface area contributed by atoms with Gasteiger partial charge in [0.1, 0.15) is 6.20 Å². The number of hydrogen-bond acceptors (Lipinski definition) is 7. The first-order valence-electron chi connectivity index (χ1n) is 7.49. The summed E-state index contributed by atoms with van der Waals surface area (Å²) < 4.78 is 0. The summed E-state index contributed by atoms with van der Waals surface area (Å²) in [7, 11) is 0. The van der Waals surface area contributed by atoms with Gasteiger partial charge in [0, 0.05) is 11.6 Å². The van der Waals surface area contributed by atoms with Crippen LogP contribution in [0.4, 0.5) is 17.5 Å². The van der Waals surface area contributed by atoms with Crippen LogP contribution in [-0.2, 0) is 0 Å². The molecule has 1 aromatic rings. The van der Waals surface area contributed by atoms with Crippen molar-refractivity contribution in [3.8, 4) is 0 Å². The normalized spacial score (nSPS) is 22.2. The lowest BCUT2D eigenvalue weighted by Crippen LogP contribution is -2.31. The lowest BCUT2D eigenvalue weighted by molar-refractivity contribution is -0.384. The summed E-state index contributed by atoms with van der Waals surface area (Å²) in [6.07, 6.45) is 3.96. The van der Waals surface area contributed by atoms with E-state index in [-0.39, 0.29) is 29.2 Å². The minimum absolute atomic E-state index is 0.0140. The molecule has 8 nitrogen and oxygen atoms in total. The minimum Gasteiger partial charge on any atom is -0.393 e. The molecule has 1 aliphatic rings. The van der Waals surface area contributed by atoms with Crippen LogP contribution in [0.15, 0.2) is 6.20 Å². The number of nitrogens with zero attached hydrogens (tertiary/aromatic N) is 3. The van der Waals surface area contributed by atoms with Crippen molar-refractivity contribution in [2.75, 3.05) is 10.6 Å². The van der Waals surface area contributed by atoms with Crippen LogP contribution in [0.2, 0.25) is 0 Å². The van der Waals surface area contributed by atoms with E-state index in [1.54, 1.807) is 0 Å². The van der Waals surface area contributed by atoms with Crippen LogP contribution >= 0.6 is 0 Å². The molecule has 0 aliphatic heterocycles. The van der Waals surface area contributed by atoms with Gasteiger partial charge >= 0.3 is 5.69 Å². The van der Waals surface area contributed by atoms with Crippen molar-refractivity contribution < 1.29 is 10.0 Å². The Labute approximate surface area is 129 Å². The van der Waals surface area contributed by atoms with Crippen LogP contribution in [0.3, 0.4) is 0 Å². The smallest absolute Gasteiger partial charge is 0.329 e. The molecule has 1 heterocycles. The number of rotatable bonds is 4. The van der Waals surface area contributed by atoms with Crippen molar-refractivity contribution in [3.63, 3.8) is 0 Å². The molecule has 0 bridgehead atoms. The minimum atomic E-state index is -0.498. The van der Waals surface area contributed by atoms with Gasteiger partial charge in [-0.25, -0.2) is 4.98 Å². The Morgan fingerprint density at radius 3 is 2.73 bits per heavy atom. The number of nitro groups is 1. The molecule has 2 atom stereocenters. The second kappa shape index (κ2) is 6.43. The van der Waals surface area contributed by atoms with Gasteiger partial charge in [0.25, 0.3) is 0 Å². The summed E-state index contributed by atoms with van der Waals surface area (Å²) in [5, 5.41) is 27.1.